The molecule has 5 heteroatoms. The van der Waals surface area contributed by atoms with Crippen molar-refractivity contribution in [1.29, 1.82) is 0 Å². The SMILES string of the molecule is C=CC(C)CCC=C(C)C.C=CCc1ccc(OC)c(OC)c1.CC(C)=CCC/C(C)=C\C=O.CC(C)=CCC/C(C)=C\CO.CC1(C)[C@H]2CC[C@]1(C)C(O)C2. The average Bonchev–Trinajstić information content (AvgIpc) is 3.45. The van der Waals surface area contributed by atoms with Gasteiger partial charge in [-0.1, -0.05) is 98.1 Å². The van der Waals surface area contributed by atoms with Gasteiger partial charge in [-0.3, -0.25) is 4.79 Å². The summed E-state index contributed by atoms with van der Waals surface area (Å²) in [5.74, 6) is 2.97. The first-order valence-electron chi connectivity index (χ1n) is 20.7. The second-order valence-electron chi connectivity index (χ2n) is 16.9. The third kappa shape index (κ3) is 23.0. The van der Waals surface area contributed by atoms with Crippen LogP contribution < -0.4 is 9.47 Å². The standard InChI is InChI=1S/C11H14O2.2C10H18O.C10H16O.C10H18/c1-4-5-9-6-7-10(12-2)11(8-9)13-3;1-9(2)7-4-5-10(9,3)8(11)6-7;2*1-9(2)5-4-6-10(3)7-8-11;1-5-10(4)8-6-7-9(2)3/h4,6-8H,1,5H2,2-3H3;7-8,11H,4-6H2,1-3H3;5,7,11H,4,6,8H2,1-3H3;5,7-8H,4,6H2,1-3H3;5,7,10H,1,6,8H2,2-4H3/b;;2*10-7-;/t;7-,8?,10+;;;/m.0.../s1. The fourth-order valence-electron chi connectivity index (χ4n) is 6.72. The summed E-state index contributed by atoms with van der Waals surface area (Å²) in [6.07, 6.45) is 25.9. The maximum Gasteiger partial charge on any atom is 0.160 e. The van der Waals surface area contributed by atoms with Crippen LogP contribution in [0.2, 0.25) is 0 Å². The van der Waals surface area contributed by atoms with Crippen LogP contribution >= 0.6 is 0 Å². The van der Waals surface area contributed by atoms with Gasteiger partial charge >= 0.3 is 0 Å². The van der Waals surface area contributed by atoms with Crippen LogP contribution in [0.25, 0.3) is 0 Å². The van der Waals surface area contributed by atoms with Crippen molar-refractivity contribution in [3.63, 3.8) is 0 Å². The Kier molecular flexibility index (Phi) is 30.0. The fourth-order valence-corrected chi connectivity index (χ4v) is 6.72. The van der Waals surface area contributed by atoms with E-state index >= 15 is 0 Å². The van der Waals surface area contributed by atoms with Crippen LogP contribution in [0, 0.1) is 22.7 Å². The molecular formula is C51H84O5. The highest BCUT2D eigenvalue weighted by atomic mass is 16.5. The smallest absolute Gasteiger partial charge is 0.160 e. The zero-order chi connectivity index (χ0) is 43.3. The first-order chi connectivity index (χ1) is 26.3. The first kappa shape index (κ1) is 54.7. The molecule has 2 fully saturated rings. The molecule has 0 amide bonds. The molecule has 0 saturated heterocycles. The Labute approximate surface area is 345 Å². The molecule has 5 nitrogen and oxygen atoms in total. The summed E-state index contributed by atoms with van der Waals surface area (Å²) in [5, 5.41) is 18.4. The lowest BCUT2D eigenvalue weighted by atomic mass is 9.70. The van der Waals surface area contributed by atoms with E-state index in [2.05, 4.69) is 108 Å². The van der Waals surface area contributed by atoms with Crippen molar-refractivity contribution in [3.8, 4) is 11.5 Å². The van der Waals surface area contributed by atoms with Gasteiger partial charge in [0.15, 0.2) is 11.5 Å². The van der Waals surface area contributed by atoms with Crippen molar-refractivity contribution in [3.05, 3.63) is 107 Å². The maximum atomic E-state index is 10.0. The van der Waals surface area contributed by atoms with Crippen molar-refractivity contribution in [1.82, 2.24) is 0 Å². The van der Waals surface area contributed by atoms with E-state index in [-0.39, 0.29) is 18.1 Å². The zero-order valence-electron chi connectivity index (χ0n) is 38.4. The van der Waals surface area contributed by atoms with E-state index in [1.807, 2.05) is 43.4 Å². The molecule has 1 aromatic carbocycles. The summed E-state index contributed by atoms with van der Waals surface area (Å²) in [6.45, 7) is 33.4. The molecule has 2 aliphatic rings. The number of carbonyl (C=O) groups excluding carboxylic acids is 1. The highest BCUT2D eigenvalue weighted by molar-refractivity contribution is 5.65. The van der Waals surface area contributed by atoms with Crippen LogP contribution in [-0.2, 0) is 11.2 Å². The summed E-state index contributed by atoms with van der Waals surface area (Å²) >= 11 is 0. The summed E-state index contributed by atoms with van der Waals surface area (Å²) in [4.78, 5) is 10.0. The third-order valence-corrected chi connectivity index (χ3v) is 11.1. The maximum absolute atomic E-state index is 10.0. The van der Waals surface area contributed by atoms with Gasteiger partial charge in [0.25, 0.3) is 0 Å². The number of hydrogen-bond donors (Lipinski definition) is 2. The molecule has 1 aromatic rings. The molecule has 0 heterocycles. The monoisotopic (exact) mass is 777 g/mol. The van der Waals surface area contributed by atoms with Gasteiger partial charge in [0, 0.05) is 0 Å². The summed E-state index contributed by atoms with van der Waals surface area (Å²) < 4.78 is 10.3. The topological polar surface area (TPSA) is 76.0 Å². The van der Waals surface area contributed by atoms with Crippen LogP contribution in [0.1, 0.15) is 146 Å². The molecule has 0 spiro atoms. The third-order valence-electron chi connectivity index (χ3n) is 11.1. The summed E-state index contributed by atoms with van der Waals surface area (Å²) in [7, 11) is 3.26. The van der Waals surface area contributed by atoms with Crippen molar-refractivity contribution in [2.75, 3.05) is 20.8 Å². The van der Waals surface area contributed by atoms with Gasteiger partial charge in [0.1, 0.15) is 6.29 Å². The summed E-state index contributed by atoms with van der Waals surface area (Å²) in [5.41, 5.74) is 8.31. The van der Waals surface area contributed by atoms with Crippen molar-refractivity contribution < 1.29 is 24.5 Å². The molecule has 56 heavy (non-hydrogen) atoms. The second kappa shape index (κ2) is 30.7. The Morgan fingerprint density at radius 3 is 1.75 bits per heavy atom. The first-order valence-corrected chi connectivity index (χ1v) is 20.7. The number of allylic oxidation sites excluding steroid dienone is 11. The van der Waals surface area contributed by atoms with E-state index in [0.717, 1.165) is 67.8 Å². The molecule has 2 bridgehead atoms. The van der Waals surface area contributed by atoms with Crippen LogP contribution in [0.5, 0.6) is 11.5 Å². The number of ether oxygens (including phenoxy) is 2. The highest BCUT2D eigenvalue weighted by Crippen LogP contribution is 2.65. The minimum Gasteiger partial charge on any atom is -0.493 e. The predicted octanol–water partition coefficient (Wildman–Crippen LogP) is 13.7. The van der Waals surface area contributed by atoms with E-state index in [1.54, 1.807) is 20.3 Å². The van der Waals surface area contributed by atoms with Gasteiger partial charge in [0.2, 0.25) is 0 Å². The Hall–Kier alpha value is -3.41. The Morgan fingerprint density at radius 1 is 0.839 bits per heavy atom. The summed E-state index contributed by atoms with van der Waals surface area (Å²) in [6, 6.07) is 5.86. The van der Waals surface area contributed by atoms with Gasteiger partial charge < -0.3 is 19.7 Å². The largest absolute Gasteiger partial charge is 0.493 e. The van der Waals surface area contributed by atoms with Crippen molar-refractivity contribution in [2.24, 2.45) is 22.7 Å². The van der Waals surface area contributed by atoms with E-state index in [1.165, 1.54) is 53.5 Å². The zero-order valence-corrected chi connectivity index (χ0v) is 38.4. The molecule has 3 rings (SSSR count). The van der Waals surface area contributed by atoms with Crippen LogP contribution in [-0.4, -0.2) is 43.4 Å². The number of hydrogen-bond acceptors (Lipinski definition) is 5. The van der Waals surface area contributed by atoms with E-state index in [0.29, 0.717) is 11.3 Å². The molecular weight excluding hydrogens is 693 g/mol. The van der Waals surface area contributed by atoms with Gasteiger partial charge in [-0.2, -0.15) is 0 Å². The molecule has 4 atom stereocenters. The second-order valence-corrected chi connectivity index (χ2v) is 16.9. The van der Waals surface area contributed by atoms with Gasteiger partial charge in [-0.05, 0) is 166 Å². The Balaban J connectivity index is 0. The molecule has 0 aliphatic heterocycles. The number of fused-ring (bicyclic) bond motifs is 2. The lowest BCUT2D eigenvalue weighted by Gasteiger charge is -2.36. The molecule has 0 radical (unpaired) electrons. The Bertz CT molecular complexity index is 1410. The van der Waals surface area contributed by atoms with Gasteiger partial charge in [-0.15, -0.1) is 13.2 Å². The van der Waals surface area contributed by atoms with E-state index in [9.17, 15) is 9.90 Å². The van der Waals surface area contributed by atoms with E-state index in [4.69, 9.17) is 14.6 Å². The number of rotatable bonds is 16. The van der Waals surface area contributed by atoms with Crippen molar-refractivity contribution in [2.45, 2.75) is 153 Å². The Morgan fingerprint density at radius 2 is 1.38 bits per heavy atom. The molecule has 2 saturated carbocycles. The van der Waals surface area contributed by atoms with Gasteiger partial charge in [0.05, 0.1) is 26.9 Å². The minimum atomic E-state index is -0.0313. The van der Waals surface area contributed by atoms with Crippen LogP contribution in [0.15, 0.2) is 102 Å². The molecule has 0 aromatic heterocycles. The number of benzene rings is 1. The average molecular weight is 777 g/mol. The lowest BCUT2D eigenvalue weighted by molar-refractivity contribution is -0.104. The predicted molar refractivity (Wildman–Crippen MR) is 245 cm³/mol. The quantitative estimate of drug-likeness (QED) is 0.0993. The normalized spacial score (nSPS) is 19.3. The molecule has 318 valence electrons. The minimum absolute atomic E-state index is 0.0313. The molecule has 2 unspecified atom stereocenters. The van der Waals surface area contributed by atoms with Crippen LogP contribution in [0.3, 0.4) is 0 Å². The van der Waals surface area contributed by atoms with Crippen LogP contribution in [0.4, 0.5) is 0 Å². The molecule has 2 aliphatic carbocycles. The molecule has 2 N–H and O–H groups in total. The highest BCUT2D eigenvalue weighted by Gasteiger charge is 2.60. The number of methoxy groups -OCH3 is 2. The number of carbonyl (C=O) groups is 1. The van der Waals surface area contributed by atoms with Gasteiger partial charge in [-0.25, -0.2) is 0 Å². The number of aliphatic hydroxyl groups excluding tert-OH is 2. The lowest BCUT2D eigenvalue weighted by Crippen LogP contribution is -2.35. The number of aliphatic hydroxyl groups is 2. The van der Waals surface area contributed by atoms with E-state index < -0.39 is 0 Å². The fraction of sp³-hybridized carbons (Fsp3) is 0.588. The van der Waals surface area contributed by atoms with Crippen molar-refractivity contribution >= 4 is 6.29 Å². The number of aldehydes is 1.